The number of ether oxygens (including phenoxy) is 1. The maximum absolute atomic E-state index is 12.3. The Morgan fingerprint density at radius 1 is 1.48 bits per heavy atom. The summed E-state index contributed by atoms with van der Waals surface area (Å²) in [5, 5.41) is 20.3. The fourth-order valence-corrected chi connectivity index (χ4v) is 3.56. The van der Waals surface area contributed by atoms with Crippen molar-refractivity contribution in [3.63, 3.8) is 0 Å². The van der Waals surface area contributed by atoms with Crippen LogP contribution in [-0.4, -0.2) is 39.0 Å². The van der Waals surface area contributed by atoms with Gasteiger partial charge < -0.3 is 14.7 Å². The molecular formula is C16H16N2O6S. The highest BCUT2D eigenvalue weighted by Crippen LogP contribution is 2.44. The topological polar surface area (TPSA) is 110 Å². The lowest BCUT2D eigenvalue weighted by atomic mass is 9.83. The molecule has 3 atom stereocenters. The Morgan fingerprint density at radius 2 is 2.12 bits per heavy atom. The van der Waals surface area contributed by atoms with Gasteiger partial charge >= 0.3 is 5.97 Å². The van der Waals surface area contributed by atoms with Gasteiger partial charge in [-0.05, 0) is 24.6 Å². The highest BCUT2D eigenvalue weighted by molar-refractivity contribution is 7.84. The van der Waals surface area contributed by atoms with Crippen LogP contribution in [0.5, 0.6) is 0 Å². The minimum Gasteiger partial charge on any atom is -0.456 e. The molecule has 0 unspecified atom stereocenters. The molecule has 1 aromatic carbocycles. The van der Waals surface area contributed by atoms with Gasteiger partial charge in [0.1, 0.15) is 12.3 Å². The van der Waals surface area contributed by atoms with Gasteiger partial charge in [0.25, 0.3) is 5.69 Å². The summed E-state index contributed by atoms with van der Waals surface area (Å²) in [6.45, 7) is 1.47. The van der Waals surface area contributed by atoms with Gasteiger partial charge in [-0.2, -0.15) is 0 Å². The molecule has 2 aliphatic heterocycles. The summed E-state index contributed by atoms with van der Waals surface area (Å²) in [7, 11) is 0. The molecule has 0 saturated carbocycles. The number of β-lactam (4-membered cyclic amide) rings is 1. The molecule has 1 amide bonds. The molecule has 3 rings (SSSR count). The average molecular weight is 364 g/mol. The van der Waals surface area contributed by atoms with Gasteiger partial charge in [-0.15, -0.1) is 12.6 Å². The Hall–Kier alpha value is -2.39. The summed E-state index contributed by atoms with van der Waals surface area (Å²) in [6.07, 6.45) is -0.378. The van der Waals surface area contributed by atoms with Crippen LogP contribution in [0.4, 0.5) is 5.69 Å². The number of thiol groups is 1. The zero-order valence-corrected chi connectivity index (χ0v) is 14.2. The smallest absolute Gasteiger partial charge is 0.356 e. The Balaban J connectivity index is 1.65. The van der Waals surface area contributed by atoms with Gasteiger partial charge in [0.2, 0.25) is 5.91 Å². The highest BCUT2D eigenvalue weighted by atomic mass is 32.1. The Labute approximate surface area is 148 Å². The summed E-state index contributed by atoms with van der Waals surface area (Å²) in [5.41, 5.74) is 0.646. The SMILES string of the molecule is C[C@H](O)[C@H]1C(=O)N2C(C(=O)OCc3ccc([N+](=O)[O-])cc3)=C(S)C[C@H]12. The quantitative estimate of drug-likeness (QED) is 0.269. The van der Waals surface area contributed by atoms with E-state index in [0.29, 0.717) is 16.9 Å². The number of non-ortho nitro benzene ring substituents is 1. The monoisotopic (exact) mass is 364 g/mol. The molecule has 0 aliphatic carbocycles. The van der Waals surface area contributed by atoms with E-state index in [2.05, 4.69) is 12.6 Å². The molecule has 0 bridgehead atoms. The molecular weight excluding hydrogens is 348 g/mol. The molecule has 0 radical (unpaired) electrons. The van der Waals surface area contributed by atoms with Gasteiger partial charge in [0.15, 0.2) is 0 Å². The molecule has 1 saturated heterocycles. The molecule has 1 aromatic rings. The minimum absolute atomic E-state index is 0.0515. The van der Waals surface area contributed by atoms with Gasteiger partial charge in [-0.25, -0.2) is 4.79 Å². The summed E-state index contributed by atoms with van der Waals surface area (Å²) in [6, 6.07) is 5.38. The number of aliphatic hydroxyl groups is 1. The molecule has 2 aliphatic rings. The van der Waals surface area contributed by atoms with Crippen LogP contribution in [0.25, 0.3) is 0 Å². The number of esters is 1. The van der Waals surface area contributed by atoms with Crippen molar-refractivity contribution in [1.29, 1.82) is 0 Å². The Bertz CT molecular complexity index is 773. The molecule has 1 fully saturated rings. The fraction of sp³-hybridized carbons (Fsp3) is 0.375. The van der Waals surface area contributed by atoms with E-state index in [9.17, 15) is 24.8 Å². The maximum atomic E-state index is 12.3. The lowest BCUT2D eigenvalue weighted by molar-refractivity contribution is -0.384. The van der Waals surface area contributed by atoms with Crippen molar-refractivity contribution >= 4 is 30.2 Å². The number of rotatable bonds is 5. The van der Waals surface area contributed by atoms with E-state index in [0.717, 1.165) is 0 Å². The van der Waals surface area contributed by atoms with Crippen molar-refractivity contribution in [3.05, 3.63) is 50.5 Å². The van der Waals surface area contributed by atoms with Gasteiger partial charge in [0, 0.05) is 23.5 Å². The van der Waals surface area contributed by atoms with E-state index in [1.807, 2.05) is 0 Å². The van der Waals surface area contributed by atoms with Crippen LogP contribution < -0.4 is 0 Å². The molecule has 132 valence electrons. The first kappa shape index (κ1) is 17.4. The van der Waals surface area contributed by atoms with E-state index >= 15 is 0 Å². The predicted octanol–water partition coefficient (Wildman–Crippen LogP) is 1.39. The first-order chi connectivity index (χ1) is 11.8. The fourth-order valence-electron chi connectivity index (χ4n) is 3.17. The second-order valence-corrected chi connectivity index (χ2v) is 6.58. The molecule has 25 heavy (non-hydrogen) atoms. The lowest BCUT2D eigenvalue weighted by Crippen LogP contribution is -2.61. The molecule has 2 heterocycles. The number of fused-ring (bicyclic) bond motifs is 1. The maximum Gasteiger partial charge on any atom is 0.356 e. The van der Waals surface area contributed by atoms with Crippen molar-refractivity contribution in [2.24, 2.45) is 5.92 Å². The first-order valence-electron chi connectivity index (χ1n) is 7.65. The third kappa shape index (κ3) is 3.00. The number of nitrogens with zero attached hydrogens (tertiary/aromatic N) is 2. The summed E-state index contributed by atoms with van der Waals surface area (Å²) >= 11 is 4.28. The number of carbonyl (C=O) groups is 2. The predicted molar refractivity (Wildman–Crippen MR) is 89.3 cm³/mol. The number of aliphatic hydroxyl groups excluding tert-OH is 1. The van der Waals surface area contributed by atoms with Crippen LogP contribution in [0.3, 0.4) is 0 Å². The van der Waals surface area contributed by atoms with E-state index in [1.165, 1.54) is 29.2 Å². The minimum atomic E-state index is -0.787. The van der Waals surface area contributed by atoms with Crippen molar-refractivity contribution < 1.29 is 24.4 Å². The third-order valence-corrected chi connectivity index (χ3v) is 4.81. The second-order valence-electron chi connectivity index (χ2n) is 6.04. The molecule has 8 nitrogen and oxygen atoms in total. The number of amides is 1. The van der Waals surface area contributed by atoms with Gasteiger partial charge in [0.05, 0.1) is 23.0 Å². The van der Waals surface area contributed by atoms with E-state index in [4.69, 9.17) is 4.74 Å². The largest absolute Gasteiger partial charge is 0.456 e. The zero-order valence-electron chi connectivity index (χ0n) is 13.3. The number of nitro benzene ring substituents is 1. The van der Waals surface area contributed by atoms with Crippen LogP contribution >= 0.6 is 12.6 Å². The third-order valence-electron chi connectivity index (χ3n) is 4.42. The Morgan fingerprint density at radius 3 is 2.68 bits per heavy atom. The van der Waals surface area contributed by atoms with Crippen LogP contribution in [0.15, 0.2) is 34.9 Å². The number of nitro groups is 1. The second kappa shape index (κ2) is 6.49. The Kier molecular flexibility index (Phi) is 4.53. The van der Waals surface area contributed by atoms with Crippen LogP contribution in [0.2, 0.25) is 0 Å². The van der Waals surface area contributed by atoms with Crippen molar-refractivity contribution in [3.8, 4) is 0 Å². The highest BCUT2D eigenvalue weighted by Gasteiger charge is 2.56. The average Bonchev–Trinajstić information content (AvgIpc) is 2.85. The summed E-state index contributed by atoms with van der Waals surface area (Å²) in [5.74, 6) is -1.52. The standard InChI is InChI=1S/C16H16N2O6S/c1-8(19)13-11-6-12(25)14(17(11)15(13)20)16(21)24-7-9-2-4-10(5-3-9)18(22)23/h2-5,8,11,13,19,25H,6-7H2,1H3/t8-,11+,13+/m0/s1. The van der Waals surface area contributed by atoms with Crippen LogP contribution in [0.1, 0.15) is 18.9 Å². The number of hydrogen-bond acceptors (Lipinski definition) is 7. The molecule has 9 heteroatoms. The molecule has 1 N–H and O–H groups in total. The summed E-state index contributed by atoms with van der Waals surface area (Å²) in [4.78, 5) is 36.4. The summed E-state index contributed by atoms with van der Waals surface area (Å²) < 4.78 is 5.21. The van der Waals surface area contributed by atoms with Crippen molar-refractivity contribution in [2.45, 2.75) is 32.1 Å². The van der Waals surface area contributed by atoms with Crippen LogP contribution in [0, 0.1) is 16.0 Å². The van der Waals surface area contributed by atoms with Crippen molar-refractivity contribution in [2.75, 3.05) is 0 Å². The van der Waals surface area contributed by atoms with Gasteiger partial charge in [-0.3, -0.25) is 14.9 Å². The molecule has 0 aromatic heterocycles. The zero-order chi connectivity index (χ0) is 18.3. The van der Waals surface area contributed by atoms with E-state index in [1.54, 1.807) is 6.92 Å². The first-order valence-corrected chi connectivity index (χ1v) is 8.09. The van der Waals surface area contributed by atoms with E-state index < -0.39 is 22.9 Å². The lowest BCUT2D eigenvalue weighted by Gasteiger charge is -2.44. The molecule has 0 spiro atoms. The normalized spacial score (nSPS) is 23.2. The van der Waals surface area contributed by atoms with Gasteiger partial charge in [-0.1, -0.05) is 0 Å². The van der Waals surface area contributed by atoms with Crippen molar-refractivity contribution in [1.82, 2.24) is 4.90 Å². The van der Waals surface area contributed by atoms with Crippen LogP contribution in [-0.2, 0) is 20.9 Å². The number of benzene rings is 1. The number of hydrogen-bond donors (Lipinski definition) is 2. The number of carbonyl (C=O) groups excluding carboxylic acids is 2. The van der Waals surface area contributed by atoms with E-state index in [-0.39, 0.29) is 29.9 Å².